The van der Waals surface area contributed by atoms with Gasteiger partial charge in [-0.15, -0.1) is 0 Å². The van der Waals surface area contributed by atoms with Crippen LogP contribution in [-0.2, 0) is 0 Å². The third-order valence-corrected chi connectivity index (χ3v) is 5.67. The van der Waals surface area contributed by atoms with E-state index in [1.54, 1.807) is 0 Å². The zero-order valence-electron chi connectivity index (χ0n) is 15.0. The van der Waals surface area contributed by atoms with E-state index in [0.717, 1.165) is 17.8 Å². The van der Waals surface area contributed by atoms with E-state index < -0.39 is 0 Å². The lowest BCUT2D eigenvalue weighted by molar-refractivity contribution is 0.0623. The third-order valence-electron chi connectivity index (χ3n) is 5.67. The zero-order chi connectivity index (χ0) is 15.3. The molecule has 2 nitrogen and oxygen atoms in total. The highest BCUT2D eigenvalue weighted by Gasteiger charge is 2.36. The Hall–Kier alpha value is -0.0800. The predicted molar refractivity (Wildman–Crippen MR) is 92.6 cm³/mol. The van der Waals surface area contributed by atoms with Gasteiger partial charge in [0.1, 0.15) is 0 Å². The predicted octanol–water partition coefficient (Wildman–Crippen LogP) is 4.16. The molecule has 1 saturated heterocycles. The molecular formula is C19H38N2. The Balaban J connectivity index is 1.91. The highest BCUT2D eigenvalue weighted by molar-refractivity contribution is 4.90. The van der Waals surface area contributed by atoms with Gasteiger partial charge in [-0.2, -0.15) is 0 Å². The first kappa shape index (κ1) is 17.3. The average molecular weight is 295 g/mol. The minimum Gasteiger partial charge on any atom is -0.316 e. The third kappa shape index (κ3) is 5.56. The van der Waals surface area contributed by atoms with Gasteiger partial charge in [0.05, 0.1) is 0 Å². The van der Waals surface area contributed by atoms with Gasteiger partial charge in [0.2, 0.25) is 0 Å². The van der Waals surface area contributed by atoms with Crippen LogP contribution in [-0.4, -0.2) is 37.6 Å². The summed E-state index contributed by atoms with van der Waals surface area (Å²) < 4.78 is 0. The minimum absolute atomic E-state index is 0.549. The van der Waals surface area contributed by atoms with Crippen LogP contribution in [0.2, 0.25) is 0 Å². The number of nitrogens with one attached hydrogen (secondary N) is 1. The van der Waals surface area contributed by atoms with Crippen LogP contribution in [0.1, 0.15) is 66.2 Å². The van der Waals surface area contributed by atoms with Crippen molar-refractivity contribution in [1.82, 2.24) is 10.2 Å². The van der Waals surface area contributed by atoms with Crippen molar-refractivity contribution in [1.29, 1.82) is 0 Å². The molecule has 0 radical (unpaired) electrons. The number of likely N-dealkylation sites (tertiary alicyclic amines) is 1. The van der Waals surface area contributed by atoms with E-state index in [1.165, 1.54) is 71.2 Å². The molecule has 0 spiro atoms. The van der Waals surface area contributed by atoms with E-state index in [4.69, 9.17) is 0 Å². The van der Waals surface area contributed by atoms with Crippen molar-refractivity contribution in [3.05, 3.63) is 0 Å². The number of nitrogens with zero attached hydrogens (tertiary/aromatic N) is 1. The monoisotopic (exact) mass is 294 g/mol. The molecule has 1 aliphatic carbocycles. The van der Waals surface area contributed by atoms with Crippen LogP contribution in [0.25, 0.3) is 0 Å². The summed E-state index contributed by atoms with van der Waals surface area (Å²) in [5.41, 5.74) is 0.549. The lowest BCUT2D eigenvalue weighted by Crippen LogP contribution is -2.48. The summed E-state index contributed by atoms with van der Waals surface area (Å²) >= 11 is 0. The topological polar surface area (TPSA) is 15.3 Å². The molecule has 2 heteroatoms. The van der Waals surface area contributed by atoms with E-state index >= 15 is 0 Å². The fourth-order valence-corrected chi connectivity index (χ4v) is 4.45. The van der Waals surface area contributed by atoms with Gasteiger partial charge < -0.3 is 10.2 Å². The first-order valence-corrected chi connectivity index (χ1v) is 9.42. The van der Waals surface area contributed by atoms with E-state index in [9.17, 15) is 0 Å². The van der Waals surface area contributed by atoms with Crippen LogP contribution in [0.5, 0.6) is 0 Å². The van der Waals surface area contributed by atoms with Crippen LogP contribution >= 0.6 is 0 Å². The van der Waals surface area contributed by atoms with Gasteiger partial charge in [-0.05, 0) is 68.5 Å². The largest absolute Gasteiger partial charge is 0.316 e. The summed E-state index contributed by atoms with van der Waals surface area (Å²) in [7, 11) is 0. The molecule has 2 aliphatic rings. The van der Waals surface area contributed by atoms with Crippen molar-refractivity contribution in [3.63, 3.8) is 0 Å². The molecule has 2 rings (SSSR count). The Morgan fingerprint density at radius 2 is 1.81 bits per heavy atom. The molecule has 2 unspecified atom stereocenters. The molecule has 0 aromatic carbocycles. The van der Waals surface area contributed by atoms with Gasteiger partial charge in [0.15, 0.2) is 0 Å². The fraction of sp³-hybridized carbons (Fsp3) is 1.00. The zero-order valence-corrected chi connectivity index (χ0v) is 15.0. The number of piperidine rings is 1. The second-order valence-electron chi connectivity index (χ2n) is 8.68. The van der Waals surface area contributed by atoms with Crippen molar-refractivity contribution in [2.75, 3.05) is 32.7 Å². The fourth-order valence-electron chi connectivity index (χ4n) is 4.45. The van der Waals surface area contributed by atoms with E-state index in [0.29, 0.717) is 5.41 Å². The molecule has 0 bridgehead atoms. The van der Waals surface area contributed by atoms with Gasteiger partial charge in [-0.25, -0.2) is 0 Å². The summed E-state index contributed by atoms with van der Waals surface area (Å²) in [6.45, 7) is 15.9. The molecule has 2 fully saturated rings. The van der Waals surface area contributed by atoms with Crippen molar-refractivity contribution < 1.29 is 0 Å². The second-order valence-corrected chi connectivity index (χ2v) is 8.68. The van der Waals surface area contributed by atoms with Crippen LogP contribution in [0, 0.1) is 23.2 Å². The molecule has 0 amide bonds. The van der Waals surface area contributed by atoms with Crippen molar-refractivity contribution in [2.45, 2.75) is 66.2 Å². The lowest BCUT2D eigenvalue weighted by Gasteiger charge is -2.45. The minimum atomic E-state index is 0.549. The van der Waals surface area contributed by atoms with E-state index in [2.05, 4.69) is 37.9 Å². The highest BCUT2D eigenvalue weighted by Crippen LogP contribution is 2.40. The second kappa shape index (κ2) is 7.97. The molecule has 124 valence electrons. The van der Waals surface area contributed by atoms with Crippen LogP contribution < -0.4 is 5.32 Å². The lowest BCUT2D eigenvalue weighted by atomic mass is 9.69. The number of hydrogen-bond donors (Lipinski definition) is 1. The molecule has 1 aliphatic heterocycles. The Kier molecular flexibility index (Phi) is 6.55. The average Bonchev–Trinajstić information content (AvgIpc) is 2.41. The van der Waals surface area contributed by atoms with Gasteiger partial charge in [0, 0.05) is 13.1 Å². The van der Waals surface area contributed by atoms with Crippen molar-refractivity contribution in [3.8, 4) is 0 Å². The van der Waals surface area contributed by atoms with Crippen molar-refractivity contribution in [2.24, 2.45) is 23.2 Å². The Bertz CT molecular complexity index is 294. The van der Waals surface area contributed by atoms with E-state index in [1.807, 2.05) is 0 Å². The maximum Gasteiger partial charge on any atom is 0.00502 e. The van der Waals surface area contributed by atoms with Gasteiger partial charge in [-0.1, -0.05) is 40.5 Å². The summed E-state index contributed by atoms with van der Waals surface area (Å²) in [6.07, 6.45) is 8.58. The van der Waals surface area contributed by atoms with Crippen LogP contribution in [0.15, 0.2) is 0 Å². The van der Waals surface area contributed by atoms with Gasteiger partial charge in [-0.3, -0.25) is 0 Å². The molecular weight excluding hydrogens is 256 g/mol. The van der Waals surface area contributed by atoms with Gasteiger partial charge >= 0.3 is 0 Å². The highest BCUT2D eigenvalue weighted by atomic mass is 15.1. The molecule has 1 saturated carbocycles. The molecule has 21 heavy (non-hydrogen) atoms. The summed E-state index contributed by atoms with van der Waals surface area (Å²) in [6, 6.07) is 0. The molecule has 1 heterocycles. The normalized spacial score (nSPS) is 32.7. The first-order chi connectivity index (χ1) is 9.99. The molecule has 2 atom stereocenters. The molecule has 0 aromatic rings. The standard InChI is InChI=1S/C19H38N2/c1-16(2)13-20-14-19(9-5-6-18(4)12-19)15-21-10-7-17(3)8-11-21/h16-18,20H,5-15H2,1-4H3. The SMILES string of the molecule is CC(C)CNCC1(CN2CCC(C)CC2)CCCC(C)C1. The summed E-state index contributed by atoms with van der Waals surface area (Å²) in [5, 5.41) is 3.79. The Labute approximate surface area is 133 Å². The molecule has 0 aromatic heterocycles. The maximum absolute atomic E-state index is 3.79. The Morgan fingerprint density at radius 1 is 1.10 bits per heavy atom. The van der Waals surface area contributed by atoms with Crippen LogP contribution in [0.3, 0.4) is 0 Å². The van der Waals surface area contributed by atoms with Crippen molar-refractivity contribution >= 4 is 0 Å². The summed E-state index contributed by atoms with van der Waals surface area (Å²) in [5.74, 6) is 2.63. The first-order valence-electron chi connectivity index (χ1n) is 9.42. The molecule has 1 N–H and O–H groups in total. The quantitative estimate of drug-likeness (QED) is 0.791. The smallest absolute Gasteiger partial charge is 0.00502 e. The van der Waals surface area contributed by atoms with Gasteiger partial charge in [0.25, 0.3) is 0 Å². The van der Waals surface area contributed by atoms with Crippen LogP contribution in [0.4, 0.5) is 0 Å². The Morgan fingerprint density at radius 3 is 2.43 bits per heavy atom. The van der Waals surface area contributed by atoms with E-state index in [-0.39, 0.29) is 0 Å². The number of rotatable bonds is 6. The maximum atomic E-state index is 3.79. The number of hydrogen-bond acceptors (Lipinski definition) is 2. The summed E-state index contributed by atoms with van der Waals surface area (Å²) in [4.78, 5) is 2.77.